The third kappa shape index (κ3) is 7.34. The smallest absolute Gasteiger partial charge is 0.314 e. The molecule has 3 fully saturated rings. The molecule has 210 valence electrons. The summed E-state index contributed by atoms with van der Waals surface area (Å²) in [5.74, 6) is -0.199. The number of benzene rings is 1. The highest BCUT2D eigenvalue weighted by molar-refractivity contribution is 5.75. The quantitative estimate of drug-likeness (QED) is 0.238. The molecule has 0 bridgehead atoms. The van der Waals surface area contributed by atoms with E-state index in [0.29, 0.717) is 30.0 Å². The van der Waals surface area contributed by atoms with Gasteiger partial charge in [-0.3, -0.25) is 4.79 Å². The minimum absolute atomic E-state index is 0.177. The van der Waals surface area contributed by atoms with Gasteiger partial charge in [-0.1, -0.05) is 39.5 Å². The Hall–Kier alpha value is -2.00. The van der Waals surface area contributed by atoms with Crippen molar-refractivity contribution in [3.63, 3.8) is 0 Å². The van der Waals surface area contributed by atoms with E-state index in [1.807, 2.05) is 0 Å². The van der Waals surface area contributed by atoms with Crippen LogP contribution in [0.5, 0.6) is 5.75 Å². The van der Waals surface area contributed by atoms with Gasteiger partial charge in [0, 0.05) is 12.1 Å². The molecule has 3 saturated carbocycles. The van der Waals surface area contributed by atoms with Crippen LogP contribution in [-0.4, -0.2) is 18.2 Å². The van der Waals surface area contributed by atoms with E-state index in [1.165, 1.54) is 63.9 Å². The van der Waals surface area contributed by atoms with Gasteiger partial charge in [0.15, 0.2) is 0 Å². The van der Waals surface area contributed by atoms with Crippen molar-refractivity contribution >= 4 is 5.97 Å². The summed E-state index contributed by atoms with van der Waals surface area (Å²) >= 11 is 0. The summed E-state index contributed by atoms with van der Waals surface area (Å²) in [4.78, 5) is 12.7. The van der Waals surface area contributed by atoms with E-state index in [2.05, 4.69) is 13.8 Å². The molecule has 1 aromatic rings. The van der Waals surface area contributed by atoms with Gasteiger partial charge in [0.2, 0.25) is 0 Å². The Balaban J connectivity index is 1.23. The topological polar surface area (TPSA) is 59.3 Å². The van der Waals surface area contributed by atoms with Gasteiger partial charge < -0.3 is 9.47 Å². The van der Waals surface area contributed by atoms with Crippen LogP contribution in [0.15, 0.2) is 12.1 Å². The number of rotatable bonds is 9. The van der Waals surface area contributed by atoms with Crippen molar-refractivity contribution in [1.82, 2.24) is 0 Å². The standard InChI is InChI=1S/C32H45F2NO3/c1-3-7-21(2)31(24-8-5-4-6-9-24)37-26-16-14-23(15-17-26)22-10-12-25(13-11-22)32(36)38-27-18-29(33)28(20-35)30(34)19-27/h18-19,21-26,31H,3-17H2,1-2H3. The van der Waals surface area contributed by atoms with Crippen molar-refractivity contribution in [1.29, 1.82) is 5.26 Å². The molecular formula is C32H45F2NO3. The lowest BCUT2D eigenvalue weighted by molar-refractivity contribution is -0.140. The number of nitrogens with zero attached hydrogens (tertiary/aromatic N) is 1. The SMILES string of the molecule is CCCC(C)C(OC1CCC(C2CCC(C(=O)Oc3cc(F)c(C#N)c(F)c3)CC2)CC1)C1CCCCC1. The zero-order chi connectivity index (χ0) is 27.1. The summed E-state index contributed by atoms with van der Waals surface area (Å²) in [6, 6.07) is 3.30. The van der Waals surface area contributed by atoms with Crippen molar-refractivity contribution in [2.24, 2.45) is 29.6 Å². The van der Waals surface area contributed by atoms with E-state index in [4.69, 9.17) is 14.7 Å². The Labute approximate surface area is 227 Å². The normalized spacial score (nSPS) is 28.3. The highest BCUT2D eigenvalue weighted by Crippen LogP contribution is 2.42. The summed E-state index contributed by atoms with van der Waals surface area (Å²) in [6.07, 6.45) is 18.2. The van der Waals surface area contributed by atoms with Gasteiger partial charge in [0.1, 0.15) is 29.0 Å². The van der Waals surface area contributed by atoms with E-state index in [1.54, 1.807) is 0 Å². The maximum atomic E-state index is 13.9. The second-order valence-electron chi connectivity index (χ2n) is 12.2. The van der Waals surface area contributed by atoms with Gasteiger partial charge in [-0.25, -0.2) is 8.78 Å². The van der Waals surface area contributed by atoms with Crippen LogP contribution < -0.4 is 4.74 Å². The maximum Gasteiger partial charge on any atom is 0.314 e. The molecule has 1 aromatic carbocycles. The Morgan fingerprint density at radius 2 is 1.53 bits per heavy atom. The van der Waals surface area contributed by atoms with Crippen LogP contribution in [0.4, 0.5) is 8.78 Å². The first-order valence-corrected chi connectivity index (χ1v) is 15.2. The third-order valence-corrected chi connectivity index (χ3v) is 9.61. The van der Waals surface area contributed by atoms with Gasteiger partial charge in [0.25, 0.3) is 0 Å². The molecular weight excluding hydrogens is 484 g/mol. The summed E-state index contributed by atoms with van der Waals surface area (Å²) in [6.45, 7) is 4.67. The van der Waals surface area contributed by atoms with Gasteiger partial charge >= 0.3 is 5.97 Å². The average Bonchev–Trinajstić information content (AvgIpc) is 2.92. The fourth-order valence-corrected chi connectivity index (χ4v) is 7.45. The zero-order valence-corrected chi connectivity index (χ0v) is 23.2. The Bertz CT molecular complexity index is 931. The van der Waals surface area contributed by atoms with Gasteiger partial charge in [-0.05, 0) is 94.3 Å². The number of carbonyl (C=O) groups is 1. The van der Waals surface area contributed by atoms with E-state index >= 15 is 0 Å². The Kier molecular flexibility index (Phi) is 10.6. The highest BCUT2D eigenvalue weighted by Gasteiger charge is 2.36. The molecule has 2 atom stereocenters. The van der Waals surface area contributed by atoms with Crippen molar-refractivity contribution in [2.75, 3.05) is 0 Å². The monoisotopic (exact) mass is 529 g/mol. The maximum absolute atomic E-state index is 13.9. The number of ether oxygens (including phenoxy) is 2. The first-order chi connectivity index (χ1) is 18.4. The predicted molar refractivity (Wildman–Crippen MR) is 143 cm³/mol. The van der Waals surface area contributed by atoms with Crippen LogP contribution in [0.1, 0.15) is 116 Å². The fourth-order valence-electron chi connectivity index (χ4n) is 7.45. The average molecular weight is 530 g/mol. The molecule has 0 radical (unpaired) electrons. The number of halogens is 2. The molecule has 4 nitrogen and oxygen atoms in total. The van der Waals surface area contributed by atoms with Crippen LogP contribution in [0.25, 0.3) is 0 Å². The summed E-state index contributed by atoms with van der Waals surface area (Å²) in [5, 5.41) is 8.81. The second kappa shape index (κ2) is 13.9. The lowest BCUT2D eigenvalue weighted by Crippen LogP contribution is -2.38. The highest BCUT2D eigenvalue weighted by atomic mass is 19.1. The summed E-state index contributed by atoms with van der Waals surface area (Å²) in [7, 11) is 0. The fraction of sp³-hybridized carbons (Fsp3) is 0.750. The van der Waals surface area contributed by atoms with Crippen LogP contribution in [0, 0.1) is 52.6 Å². The molecule has 6 heteroatoms. The molecule has 0 N–H and O–H groups in total. The summed E-state index contributed by atoms with van der Waals surface area (Å²) in [5.41, 5.74) is -0.662. The number of esters is 1. The number of carbonyl (C=O) groups excluding carboxylic acids is 1. The first kappa shape index (κ1) is 29.0. The summed E-state index contributed by atoms with van der Waals surface area (Å²) < 4.78 is 39.9. The van der Waals surface area contributed by atoms with Crippen LogP contribution in [-0.2, 0) is 9.53 Å². The van der Waals surface area contributed by atoms with Crippen molar-refractivity contribution in [3.05, 3.63) is 29.3 Å². The molecule has 4 rings (SSSR count). The molecule has 0 spiro atoms. The van der Waals surface area contributed by atoms with Gasteiger partial charge in [0.05, 0.1) is 18.1 Å². The van der Waals surface area contributed by atoms with E-state index in [0.717, 1.165) is 56.6 Å². The zero-order valence-electron chi connectivity index (χ0n) is 23.2. The Morgan fingerprint density at radius 3 is 2.08 bits per heavy atom. The van der Waals surface area contributed by atoms with E-state index in [9.17, 15) is 13.6 Å². The van der Waals surface area contributed by atoms with Gasteiger partial charge in [-0.15, -0.1) is 0 Å². The van der Waals surface area contributed by atoms with E-state index < -0.39 is 23.2 Å². The van der Waals surface area contributed by atoms with E-state index in [-0.39, 0.29) is 11.7 Å². The third-order valence-electron chi connectivity index (χ3n) is 9.61. The van der Waals surface area contributed by atoms with Crippen molar-refractivity contribution in [3.8, 4) is 11.8 Å². The second-order valence-corrected chi connectivity index (χ2v) is 12.2. The van der Waals surface area contributed by atoms with Crippen molar-refractivity contribution < 1.29 is 23.0 Å². The lowest BCUT2D eigenvalue weighted by Gasteiger charge is -2.41. The largest absolute Gasteiger partial charge is 0.426 e. The molecule has 2 unspecified atom stereocenters. The molecule has 3 aliphatic carbocycles. The molecule has 0 aliphatic heterocycles. The Morgan fingerprint density at radius 1 is 0.947 bits per heavy atom. The number of nitriles is 1. The molecule has 0 aromatic heterocycles. The van der Waals surface area contributed by atoms with Gasteiger partial charge in [-0.2, -0.15) is 5.26 Å². The predicted octanol–water partition coefficient (Wildman–Crippen LogP) is 8.51. The molecule has 38 heavy (non-hydrogen) atoms. The van der Waals surface area contributed by atoms with Crippen LogP contribution in [0.2, 0.25) is 0 Å². The van der Waals surface area contributed by atoms with Crippen LogP contribution >= 0.6 is 0 Å². The molecule has 0 saturated heterocycles. The molecule has 3 aliphatic rings. The van der Waals surface area contributed by atoms with Crippen molar-refractivity contribution in [2.45, 2.75) is 122 Å². The first-order valence-electron chi connectivity index (χ1n) is 15.2. The van der Waals surface area contributed by atoms with Crippen LogP contribution in [0.3, 0.4) is 0 Å². The lowest BCUT2D eigenvalue weighted by atomic mass is 9.70. The minimum atomic E-state index is -1.01. The molecule has 0 heterocycles. The number of hydrogen-bond acceptors (Lipinski definition) is 4. The molecule has 0 amide bonds. The minimum Gasteiger partial charge on any atom is -0.426 e. The number of hydrogen-bond donors (Lipinski definition) is 0.